The fraction of sp³-hybridized carbons (Fsp3) is 0.412. The molecule has 0 saturated carbocycles. The lowest BCUT2D eigenvalue weighted by molar-refractivity contribution is 0.252. The molecule has 0 bridgehead atoms. The molecule has 1 aliphatic rings. The van der Waals surface area contributed by atoms with E-state index in [0.717, 1.165) is 32.7 Å². The molecule has 0 amide bonds. The predicted molar refractivity (Wildman–Crippen MR) is 87.7 cm³/mol. The van der Waals surface area contributed by atoms with Crippen molar-refractivity contribution < 1.29 is 0 Å². The van der Waals surface area contributed by atoms with E-state index >= 15 is 0 Å². The maximum atomic E-state index is 2.57. The summed E-state index contributed by atoms with van der Waals surface area (Å²) in [5, 5.41) is 2.25. The van der Waals surface area contributed by atoms with E-state index < -0.39 is 0 Å². The molecular formula is C17H22N2S. The van der Waals surface area contributed by atoms with Gasteiger partial charge in [-0.1, -0.05) is 17.7 Å². The molecule has 3 heteroatoms. The van der Waals surface area contributed by atoms with E-state index in [2.05, 4.69) is 59.4 Å². The Kier molecular flexibility index (Phi) is 4.08. The zero-order chi connectivity index (χ0) is 13.9. The van der Waals surface area contributed by atoms with Gasteiger partial charge in [-0.2, -0.15) is 0 Å². The van der Waals surface area contributed by atoms with Gasteiger partial charge in [-0.3, -0.25) is 4.90 Å². The van der Waals surface area contributed by atoms with Crippen LogP contribution in [0.3, 0.4) is 0 Å². The Balaban J connectivity index is 1.55. The summed E-state index contributed by atoms with van der Waals surface area (Å²) in [6, 6.07) is 11.2. The highest BCUT2D eigenvalue weighted by Gasteiger charge is 2.17. The third kappa shape index (κ3) is 3.22. The molecule has 0 atom stereocenters. The lowest BCUT2D eigenvalue weighted by Gasteiger charge is -2.36. The summed E-state index contributed by atoms with van der Waals surface area (Å²) in [5.41, 5.74) is 4.09. The minimum Gasteiger partial charge on any atom is -0.369 e. The van der Waals surface area contributed by atoms with E-state index in [1.807, 2.05) is 11.3 Å². The van der Waals surface area contributed by atoms with Crippen LogP contribution in [0.5, 0.6) is 0 Å². The van der Waals surface area contributed by atoms with Gasteiger partial charge in [0.05, 0.1) is 0 Å². The number of piperazine rings is 1. The summed E-state index contributed by atoms with van der Waals surface area (Å²) in [4.78, 5) is 6.55. The van der Waals surface area contributed by atoms with Gasteiger partial charge in [0, 0.05) is 43.3 Å². The maximum Gasteiger partial charge on any atom is 0.0367 e. The summed E-state index contributed by atoms with van der Waals surface area (Å²) in [6.07, 6.45) is 0. The molecule has 1 aromatic heterocycles. The van der Waals surface area contributed by atoms with Crippen LogP contribution in [0.2, 0.25) is 0 Å². The Labute approximate surface area is 125 Å². The van der Waals surface area contributed by atoms with Gasteiger partial charge in [-0.25, -0.2) is 0 Å². The van der Waals surface area contributed by atoms with E-state index in [4.69, 9.17) is 0 Å². The molecule has 106 valence electrons. The van der Waals surface area contributed by atoms with Crippen LogP contribution in [0, 0.1) is 13.8 Å². The van der Waals surface area contributed by atoms with Gasteiger partial charge in [0.2, 0.25) is 0 Å². The number of aryl methyl sites for hydroxylation is 2. The lowest BCUT2D eigenvalue weighted by Crippen LogP contribution is -2.45. The minimum absolute atomic E-state index is 1.11. The van der Waals surface area contributed by atoms with Crippen LogP contribution in [0.4, 0.5) is 5.69 Å². The van der Waals surface area contributed by atoms with Crippen molar-refractivity contribution in [1.82, 2.24) is 4.90 Å². The second-order valence-electron chi connectivity index (χ2n) is 5.69. The Morgan fingerprint density at radius 2 is 1.65 bits per heavy atom. The van der Waals surface area contributed by atoms with Crippen molar-refractivity contribution in [3.63, 3.8) is 0 Å². The summed E-state index contributed by atoms with van der Waals surface area (Å²) in [6.45, 7) is 10.0. The van der Waals surface area contributed by atoms with Gasteiger partial charge in [-0.15, -0.1) is 11.3 Å². The quantitative estimate of drug-likeness (QED) is 0.849. The molecule has 20 heavy (non-hydrogen) atoms. The van der Waals surface area contributed by atoms with Crippen LogP contribution in [0.25, 0.3) is 0 Å². The largest absolute Gasteiger partial charge is 0.369 e. The van der Waals surface area contributed by atoms with Gasteiger partial charge in [0.25, 0.3) is 0 Å². The monoisotopic (exact) mass is 286 g/mol. The first-order valence-corrected chi connectivity index (χ1v) is 8.17. The number of hydrogen-bond acceptors (Lipinski definition) is 3. The number of nitrogens with zero attached hydrogens (tertiary/aromatic N) is 2. The van der Waals surface area contributed by atoms with Gasteiger partial charge in [-0.05, 0) is 43.0 Å². The summed E-state index contributed by atoms with van der Waals surface area (Å²) in [5.74, 6) is 0. The fourth-order valence-corrected chi connectivity index (χ4v) is 3.63. The molecule has 0 N–H and O–H groups in total. The molecular weight excluding hydrogens is 264 g/mol. The van der Waals surface area contributed by atoms with Gasteiger partial charge >= 0.3 is 0 Å². The summed E-state index contributed by atoms with van der Waals surface area (Å²) >= 11 is 1.89. The fourth-order valence-electron chi connectivity index (χ4n) is 2.71. The number of rotatable bonds is 3. The number of anilines is 1. The Morgan fingerprint density at radius 1 is 0.950 bits per heavy atom. The molecule has 1 aliphatic heterocycles. The second-order valence-corrected chi connectivity index (χ2v) is 6.68. The first-order chi connectivity index (χ1) is 9.70. The molecule has 1 saturated heterocycles. The van der Waals surface area contributed by atoms with Gasteiger partial charge < -0.3 is 4.90 Å². The highest BCUT2D eigenvalue weighted by atomic mass is 32.1. The molecule has 0 spiro atoms. The van der Waals surface area contributed by atoms with E-state index in [-0.39, 0.29) is 0 Å². The van der Waals surface area contributed by atoms with E-state index in [1.165, 1.54) is 21.7 Å². The average molecular weight is 286 g/mol. The first-order valence-electron chi connectivity index (χ1n) is 7.29. The van der Waals surface area contributed by atoms with Crippen LogP contribution >= 0.6 is 11.3 Å². The Hall–Kier alpha value is -1.32. The summed E-state index contributed by atoms with van der Waals surface area (Å²) in [7, 11) is 0. The van der Waals surface area contributed by atoms with Crippen LogP contribution in [0.1, 0.15) is 16.0 Å². The molecule has 1 aromatic carbocycles. The first kappa shape index (κ1) is 13.7. The topological polar surface area (TPSA) is 6.48 Å². The molecule has 2 nitrogen and oxygen atoms in total. The minimum atomic E-state index is 1.11. The smallest absolute Gasteiger partial charge is 0.0367 e. The lowest BCUT2D eigenvalue weighted by atomic mass is 10.2. The highest BCUT2D eigenvalue weighted by molar-refractivity contribution is 7.10. The zero-order valence-corrected chi connectivity index (χ0v) is 13.1. The van der Waals surface area contributed by atoms with Crippen molar-refractivity contribution in [3.05, 3.63) is 51.7 Å². The second kappa shape index (κ2) is 5.98. The molecule has 0 unspecified atom stereocenters. The molecule has 0 radical (unpaired) electrons. The maximum absolute atomic E-state index is 2.57. The van der Waals surface area contributed by atoms with E-state index in [0.29, 0.717) is 0 Å². The standard InChI is InChI=1S/C17H22N2S/c1-14-3-5-16(6-4-14)19-9-7-18(8-10-19)12-17-11-15(2)13-20-17/h3-6,11,13H,7-10,12H2,1-2H3. The molecule has 2 heterocycles. The Bertz CT molecular complexity index is 551. The van der Waals surface area contributed by atoms with Crippen molar-refractivity contribution in [3.8, 4) is 0 Å². The summed E-state index contributed by atoms with van der Waals surface area (Å²) < 4.78 is 0. The van der Waals surface area contributed by atoms with Crippen LogP contribution in [0.15, 0.2) is 35.7 Å². The third-order valence-corrected chi connectivity index (χ3v) is 4.98. The van der Waals surface area contributed by atoms with E-state index in [1.54, 1.807) is 0 Å². The third-order valence-electron chi connectivity index (χ3n) is 3.94. The van der Waals surface area contributed by atoms with E-state index in [9.17, 15) is 0 Å². The molecule has 0 aliphatic carbocycles. The van der Waals surface area contributed by atoms with Crippen molar-refractivity contribution >= 4 is 17.0 Å². The Morgan fingerprint density at radius 3 is 2.25 bits per heavy atom. The number of thiophene rings is 1. The van der Waals surface area contributed by atoms with Gasteiger partial charge in [0.1, 0.15) is 0 Å². The van der Waals surface area contributed by atoms with Crippen molar-refractivity contribution in [2.75, 3.05) is 31.1 Å². The predicted octanol–water partition coefficient (Wildman–Crippen LogP) is 3.69. The van der Waals surface area contributed by atoms with Crippen LogP contribution in [-0.4, -0.2) is 31.1 Å². The van der Waals surface area contributed by atoms with Crippen molar-refractivity contribution in [2.24, 2.45) is 0 Å². The van der Waals surface area contributed by atoms with Crippen LogP contribution in [-0.2, 0) is 6.54 Å². The number of hydrogen-bond donors (Lipinski definition) is 0. The molecule has 1 fully saturated rings. The molecule has 2 aromatic rings. The zero-order valence-electron chi connectivity index (χ0n) is 12.3. The van der Waals surface area contributed by atoms with Crippen LogP contribution < -0.4 is 4.90 Å². The van der Waals surface area contributed by atoms with Gasteiger partial charge in [0.15, 0.2) is 0 Å². The SMILES string of the molecule is Cc1ccc(N2CCN(Cc3cc(C)cs3)CC2)cc1. The average Bonchev–Trinajstić information content (AvgIpc) is 2.86. The molecule has 3 rings (SSSR count). The van der Waals surface area contributed by atoms with Crippen molar-refractivity contribution in [1.29, 1.82) is 0 Å². The highest BCUT2D eigenvalue weighted by Crippen LogP contribution is 2.20. The number of benzene rings is 1. The normalized spacial score (nSPS) is 16.6. The van der Waals surface area contributed by atoms with Crippen molar-refractivity contribution in [2.45, 2.75) is 20.4 Å².